The quantitative estimate of drug-likeness (QED) is 0.789. The molecule has 0 amide bonds. The molecule has 3 rings (SSSR count). The highest BCUT2D eigenvalue weighted by atomic mass is 16.3. The van der Waals surface area contributed by atoms with Crippen molar-refractivity contribution < 1.29 is 4.42 Å². The zero-order chi connectivity index (χ0) is 14.1. The van der Waals surface area contributed by atoms with Crippen molar-refractivity contribution >= 4 is 5.82 Å². The number of aryl methyl sites for hydroxylation is 1. The molecule has 0 radical (unpaired) electrons. The Balaban J connectivity index is 2.16. The smallest absolute Gasteiger partial charge is 0.130 e. The number of furan rings is 1. The molecule has 4 heteroatoms. The number of rotatable bonds is 3. The molecule has 20 heavy (non-hydrogen) atoms. The summed E-state index contributed by atoms with van der Waals surface area (Å²) >= 11 is 0. The third-order valence-electron chi connectivity index (χ3n) is 3.49. The Hall–Kier alpha value is -2.49. The number of benzene rings is 1. The van der Waals surface area contributed by atoms with Crippen LogP contribution in [-0.2, 0) is 6.42 Å². The maximum atomic E-state index is 6.20. The lowest BCUT2D eigenvalue weighted by atomic mass is 10.1. The van der Waals surface area contributed by atoms with Crippen LogP contribution in [0, 0.1) is 6.92 Å². The van der Waals surface area contributed by atoms with Gasteiger partial charge in [0.05, 0.1) is 12.0 Å². The molecule has 0 aliphatic carbocycles. The van der Waals surface area contributed by atoms with Gasteiger partial charge in [0.1, 0.15) is 17.3 Å². The molecule has 102 valence electrons. The molecular formula is C16H17N3O. The first-order valence-electron chi connectivity index (χ1n) is 6.69. The van der Waals surface area contributed by atoms with E-state index in [0.717, 1.165) is 34.7 Å². The van der Waals surface area contributed by atoms with Gasteiger partial charge in [0.25, 0.3) is 0 Å². The zero-order valence-electron chi connectivity index (χ0n) is 11.6. The molecule has 0 aliphatic rings. The summed E-state index contributed by atoms with van der Waals surface area (Å²) < 4.78 is 7.26. The lowest BCUT2D eigenvalue weighted by Crippen LogP contribution is -2.01. The fourth-order valence-corrected chi connectivity index (χ4v) is 2.36. The second kappa shape index (κ2) is 4.89. The summed E-state index contributed by atoms with van der Waals surface area (Å²) in [7, 11) is 0. The van der Waals surface area contributed by atoms with E-state index in [9.17, 15) is 0 Å². The van der Waals surface area contributed by atoms with Gasteiger partial charge >= 0.3 is 0 Å². The predicted molar refractivity (Wildman–Crippen MR) is 79.8 cm³/mol. The van der Waals surface area contributed by atoms with E-state index in [0.29, 0.717) is 5.82 Å². The van der Waals surface area contributed by atoms with Crippen LogP contribution in [0.2, 0.25) is 0 Å². The molecule has 1 aromatic carbocycles. The van der Waals surface area contributed by atoms with Crippen LogP contribution < -0.4 is 5.73 Å². The van der Waals surface area contributed by atoms with Crippen molar-refractivity contribution in [3.8, 4) is 16.9 Å². The van der Waals surface area contributed by atoms with E-state index in [1.54, 1.807) is 10.9 Å². The van der Waals surface area contributed by atoms with Crippen molar-refractivity contribution in [2.24, 2.45) is 0 Å². The molecule has 3 aromatic rings. The molecular weight excluding hydrogens is 250 g/mol. The van der Waals surface area contributed by atoms with Crippen LogP contribution >= 0.6 is 0 Å². The van der Waals surface area contributed by atoms with Crippen LogP contribution in [0.1, 0.15) is 18.2 Å². The Bertz CT molecular complexity index is 726. The van der Waals surface area contributed by atoms with Crippen LogP contribution in [0.5, 0.6) is 0 Å². The van der Waals surface area contributed by atoms with E-state index < -0.39 is 0 Å². The van der Waals surface area contributed by atoms with Gasteiger partial charge in [-0.15, -0.1) is 0 Å². The molecule has 0 bridgehead atoms. The van der Waals surface area contributed by atoms with Crippen LogP contribution in [0.15, 0.2) is 47.1 Å². The highest BCUT2D eigenvalue weighted by Gasteiger charge is 2.18. The molecule has 0 unspecified atom stereocenters. The summed E-state index contributed by atoms with van der Waals surface area (Å²) in [5.41, 5.74) is 10.0. The number of hydrogen-bond acceptors (Lipinski definition) is 3. The lowest BCUT2D eigenvalue weighted by molar-refractivity contribution is 0.517. The Morgan fingerprint density at radius 3 is 2.65 bits per heavy atom. The fraction of sp³-hybridized carbons (Fsp3) is 0.188. The van der Waals surface area contributed by atoms with Gasteiger partial charge in [-0.25, -0.2) is 4.68 Å². The minimum Gasteiger partial charge on any atom is -0.469 e. The highest BCUT2D eigenvalue weighted by molar-refractivity contribution is 5.70. The summed E-state index contributed by atoms with van der Waals surface area (Å²) in [5, 5.41) is 4.66. The predicted octanol–water partition coefficient (Wildman–Crippen LogP) is 3.59. The SMILES string of the molecule is CCc1occc1-c1nn(-c2ccccc2)c(N)c1C. The van der Waals surface area contributed by atoms with E-state index in [2.05, 4.69) is 12.0 Å². The molecule has 4 nitrogen and oxygen atoms in total. The van der Waals surface area contributed by atoms with Gasteiger partial charge in [0, 0.05) is 17.5 Å². The monoisotopic (exact) mass is 267 g/mol. The Kier molecular flexibility index (Phi) is 3.06. The summed E-state index contributed by atoms with van der Waals surface area (Å²) in [6.45, 7) is 4.05. The maximum Gasteiger partial charge on any atom is 0.130 e. The summed E-state index contributed by atoms with van der Waals surface area (Å²) in [5.74, 6) is 1.60. The first kappa shape index (κ1) is 12.5. The molecule has 0 saturated carbocycles. The highest BCUT2D eigenvalue weighted by Crippen LogP contribution is 2.31. The standard InChI is InChI=1S/C16H17N3O/c1-3-14-13(9-10-20-14)15-11(2)16(17)19(18-15)12-7-5-4-6-8-12/h4-10H,3,17H2,1-2H3. The molecule has 0 atom stereocenters. The van der Waals surface area contributed by atoms with E-state index >= 15 is 0 Å². The van der Waals surface area contributed by atoms with E-state index in [1.807, 2.05) is 43.3 Å². The van der Waals surface area contributed by atoms with E-state index in [-0.39, 0.29) is 0 Å². The number of nitrogens with zero attached hydrogens (tertiary/aromatic N) is 2. The normalized spacial score (nSPS) is 10.9. The Morgan fingerprint density at radius 1 is 1.20 bits per heavy atom. The molecule has 0 aliphatic heterocycles. The van der Waals surface area contributed by atoms with Crippen molar-refractivity contribution in [3.63, 3.8) is 0 Å². The van der Waals surface area contributed by atoms with Crippen molar-refractivity contribution in [2.45, 2.75) is 20.3 Å². The van der Waals surface area contributed by atoms with Crippen molar-refractivity contribution in [1.29, 1.82) is 0 Å². The van der Waals surface area contributed by atoms with Crippen LogP contribution in [0.4, 0.5) is 5.82 Å². The lowest BCUT2D eigenvalue weighted by Gasteiger charge is -2.02. The minimum absolute atomic E-state index is 0.662. The van der Waals surface area contributed by atoms with Gasteiger partial charge in [-0.1, -0.05) is 25.1 Å². The molecule has 2 N–H and O–H groups in total. The molecule has 0 saturated heterocycles. The van der Waals surface area contributed by atoms with Crippen molar-refractivity contribution in [3.05, 3.63) is 54.0 Å². The molecule has 0 spiro atoms. The maximum absolute atomic E-state index is 6.20. The topological polar surface area (TPSA) is 57.0 Å². The number of aromatic nitrogens is 2. The first-order valence-corrected chi connectivity index (χ1v) is 6.69. The largest absolute Gasteiger partial charge is 0.469 e. The molecule has 2 aromatic heterocycles. The molecule has 2 heterocycles. The van der Waals surface area contributed by atoms with Crippen LogP contribution in [0.25, 0.3) is 16.9 Å². The summed E-state index contributed by atoms with van der Waals surface area (Å²) in [6.07, 6.45) is 2.53. The Labute approximate surface area is 117 Å². The third kappa shape index (κ3) is 1.90. The number of nitrogens with two attached hydrogens (primary N) is 1. The second-order valence-corrected chi connectivity index (χ2v) is 4.72. The van der Waals surface area contributed by atoms with E-state index in [1.165, 1.54) is 0 Å². The van der Waals surface area contributed by atoms with Gasteiger partial charge in [-0.05, 0) is 25.1 Å². The van der Waals surface area contributed by atoms with Gasteiger partial charge in [0.15, 0.2) is 0 Å². The van der Waals surface area contributed by atoms with Crippen molar-refractivity contribution in [1.82, 2.24) is 9.78 Å². The van der Waals surface area contributed by atoms with Crippen LogP contribution in [-0.4, -0.2) is 9.78 Å². The number of anilines is 1. The van der Waals surface area contributed by atoms with Gasteiger partial charge in [-0.2, -0.15) is 5.10 Å². The summed E-state index contributed by atoms with van der Waals surface area (Å²) in [6, 6.07) is 11.8. The summed E-state index contributed by atoms with van der Waals surface area (Å²) in [4.78, 5) is 0. The first-order chi connectivity index (χ1) is 9.72. The number of hydrogen-bond donors (Lipinski definition) is 1. The number of nitrogen functional groups attached to an aromatic ring is 1. The fourth-order valence-electron chi connectivity index (χ4n) is 2.36. The zero-order valence-corrected chi connectivity index (χ0v) is 11.6. The van der Waals surface area contributed by atoms with Gasteiger partial charge in [0.2, 0.25) is 0 Å². The third-order valence-corrected chi connectivity index (χ3v) is 3.49. The average molecular weight is 267 g/mol. The van der Waals surface area contributed by atoms with Gasteiger partial charge in [-0.3, -0.25) is 0 Å². The second-order valence-electron chi connectivity index (χ2n) is 4.72. The average Bonchev–Trinajstić information content (AvgIpc) is 3.06. The van der Waals surface area contributed by atoms with Crippen molar-refractivity contribution in [2.75, 3.05) is 5.73 Å². The number of para-hydroxylation sites is 1. The van der Waals surface area contributed by atoms with Crippen LogP contribution in [0.3, 0.4) is 0 Å². The molecule has 0 fully saturated rings. The van der Waals surface area contributed by atoms with Gasteiger partial charge < -0.3 is 10.2 Å². The van der Waals surface area contributed by atoms with E-state index in [4.69, 9.17) is 10.2 Å². The Morgan fingerprint density at radius 2 is 1.95 bits per heavy atom. The minimum atomic E-state index is 0.662.